The number of hydrogen-bond acceptors (Lipinski definition) is 5. The lowest BCUT2D eigenvalue weighted by Crippen LogP contribution is -2.26. The van der Waals surface area contributed by atoms with E-state index >= 15 is 0 Å². The molecule has 5 nitrogen and oxygen atoms in total. The lowest BCUT2D eigenvalue weighted by atomic mass is 9.92. The summed E-state index contributed by atoms with van der Waals surface area (Å²) in [7, 11) is 1.40. The van der Waals surface area contributed by atoms with Gasteiger partial charge in [-0.25, -0.2) is 0 Å². The molecule has 1 atom stereocenters. The van der Waals surface area contributed by atoms with Gasteiger partial charge in [0.1, 0.15) is 0 Å². The molecular weight excluding hydrogens is 186 g/mol. The smallest absolute Gasteiger partial charge is 0.152 e. The molecule has 0 fully saturated rings. The molecule has 0 aromatic rings. The third-order valence-electron chi connectivity index (χ3n) is 2.18. The maximum absolute atomic E-state index is 11.0. The molecule has 0 saturated carbocycles. The SMILES string of the molecule is CN(O)C1=CC([O-])=CCC1CC(O)O. The maximum atomic E-state index is 11.0. The normalized spacial score (nSPS) is 21.9. The van der Waals surface area contributed by atoms with E-state index in [0.29, 0.717) is 12.1 Å². The molecule has 1 unspecified atom stereocenters. The van der Waals surface area contributed by atoms with E-state index in [2.05, 4.69) is 0 Å². The lowest BCUT2D eigenvalue weighted by molar-refractivity contribution is -0.296. The van der Waals surface area contributed by atoms with Crippen LogP contribution >= 0.6 is 0 Å². The Kier molecular flexibility index (Phi) is 3.51. The first-order chi connectivity index (χ1) is 6.50. The van der Waals surface area contributed by atoms with Crippen LogP contribution in [0, 0.1) is 5.92 Å². The summed E-state index contributed by atoms with van der Waals surface area (Å²) in [5, 5.41) is 38.7. The van der Waals surface area contributed by atoms with Gasteiger partial charge in [0.2, 0.25) is 0 Å². The molecule has 0 radical (unpaired) electrons. The average molecular weight is 200 g/mol. The van der Waals surface area contributed by atoms with Gasteiger partial charge in [0, 0.05) is 25.1 Å². The predicted octanol–water partition coefficient (Wildman–Crippen LogP) is -0.844. The predicted molar refractivity (Wildman–Crippen MR) is 46.7 cm³/mol. The number of rotatable bonds is 3. The Labute approximate surface area is 82.2 Å². The molecule has 3 N–H and O–H groups in total. The topological polar surface area (TPSA) is 87.0 Å². The number of nitrogens with zero attached hydrogens (tertiary/aromatic N) is 1. The standard InChI is InChI=1S/C9H15NO4/c1-10(14)8-5-7(11)3-2-6(8)4-9(12)13/h3,5-6,9,11-14H,2,4H2,1H3/p-1. The van der Waals surface area contributed by atoms with Crippen LogP contribution in [0.3, 0.4) is 0 Å². The van der Waals surface area contributed by atoms with Crippen LogP contribution in [0.4, 0.5) is 0 Å². The summed E-state index contributed by atoms with van der Waals surface area (Å²) in [6.07, 6.45) is 1.88. The molecule has 0 aliphatic heterocycles. The first-order valence-electron chi connectivity index (χ1n) is 4.38. The zero-order valence-electron chi connectivity index (χ0n) is 7.92. The van der Waals surface area contributed by atoms with Crippen LogP contribution in [-0.4, -0.2) is 33.8 Å². The minimum atomic E-state index is -1.43. The first kappa shape index (κ1) is 11.0. The molecule has 1 rings (SSSR count). The Morgan fingerprint density at radius 1 is 1.64 bits per heavy atom. The highest BCUT2D eigenvalue weighted by atomic mass is 16.5. The van der Waals surface area contributed by atoms with Crippen molar-refractivity contribution >= 4 is 0 Å². The third kappa shape index (κ3) is 2.73. The summed E-state index contributed by atoms with van der Waals surface area (Å²) < 4.78 is 0. The van der Waals surface area contributed by atoms with Crippen LogP contribution in [-0.2, 0) is 0 Å². The molecule has 0 aromatic carbocycles. The van der Waals surface area contributed by atoms with Crippen LogP contribution in [0.25, 0.3) is 0 Å². The lowest BCUT2D eigenvalue weighted by Gasteiger charge is -2.29. The van der Waals surface area contributed by atoms with Gasteiger partial charge in [0.15, 0.2) is 6.29 Å². The Morgan fingerprint density at radius 2 is 2.29 bits per heavy atom. The fourth-order valence-corrected chi connectivity index (χ4v) is 1.53. The summed E-state index contributed by atoms with van der Waals surface area (Å²) in [6, 6.07) is 0. The van der Waals surface area contributed by atoms with E-state index in [-0.39, 0.29) is 18.1 Å². The zero-order chi connectivity index (χ0) is 10.7. The zero-order valence-corrected chi connectivity index (χ0v) is 7.92. The van der Waals surface area contributed by atoms with Gasteiger partial charge in [-0.1, -0.05) is 6.08 Å². The quantitative estimate of drug-likeness (QED) is 0.408. The molecular formula is C9H14NO4-. The number of aliphatic hydroxyl groups is 2. The molecule has 80 valence electrons. The van der Waals surface area contributed by atoms with Crippen molar-refractivity contribution < 1.29 is 20.5 Å². The largest absolute Gasteiger partial charge is 0.873 e. The highest BCUT2D eigenvalue weighted by molar-refractivity contribution is 5.22. The van der Waals surface area contributed by atoms with E-state index in [1.54, 1.807) is 0 Å². The Morgan fingerprint density at radius 3 is 2.79 bits per heavy atom. The number of allylic oxidation sites excluding steroid dienone is 3. The van der Waals surface area contributed by atoms with Gasteiger partial charge in [-0.3, -0.25) is 10.3 Å². The highest BCUT2D eigenvalue weighted by Gasteiger charge is 2.20. The van der Waals surface area contributed by atoms with E-state index in [1.807, 2.05) is 0 Å². The molecule has 0 aromatic heterocycles. The molecule has 0 spiro atoms. The second kappa shape index (κ2) is 4.45. The first-order valence-corrected chi connectivity index (χ1v) is 4.38. The second-order valence-corrected chi connectivity index (χ2v) is 3.35. The van der Waals surface area contributed by atoms with Crippen molar-refractivity contribution in [1.29, 1.82) is 0 Å². The molecule has 0 amide bonds. The van der Waals surface area contributed by atoms with Crippen molar-refractivity contribution in [3.63, 3.8) is 0 Å². The van der Waals surface area contributed by atoms with Crippen molar-refractivity contribution in [3.8, 4) is 0 Å². The van der Waals surface area contributed by atoms with E-state index in [1.165, 1.54) is 19.2 Å². The van der Waals surface area contributed by atoms with Crippen molar-refractivity contribution in [2.45, 2.75) is 19.1 Å². The van der Waals surface area contributed by atoms with Crippen LogP contribution in [0.2, 0.25) is 0 Å². The van der Waals surface area contributed by atoms with Crippen molar-refractivity contribution in [1.82, 2.24) is 5.06 Å². The monoisotopic (exact) mass is 200 g/mol. The fourth-order valence-electron chi connectivity index (χ4n) is 1.53. The third-order valence-corrected chi connectivity index (χ3v) is 2.18. The summed E-state index contributed by atoms with van der Waals surface area (Å²) in [6.45, 7) is 0. The van der Waals surface area contributed by atoms with Gasteiger partial charge in [0.05, 0.1) is 0 Å². The molecule has 0 bridgehead atoms. The van der Waals surface area contributed by atoms with Crippen molar-refractivity contribution in [2.75, 3.05) is 7.05 Å². The summed E-state index contributed by atoms with van der Waals surface area (Å²) in [4.78, 5) is 0. The summed E-state index contributed by atoms with van der Waals surface area (Å²) >= 11 is 0. The van der Waals surface area contributed by atoms with Gasteiger partial charge in [-0.15, -0.1) is 5.76 Å². The van der Waals surface area contributed by atoms with Crippen LogP contribution in [0.5, 0.6) is 0 Å². The fraction of sp³-hybridized carbons (Fsp3) is 0.556. The molecule has 1 aliphatic rings. The van der Waals surface area contributed by atoms with Gasteiger partial charge < -0.3 is 15.3 Å². The van der Waals surface area contributed by atoms with E-state index in [0.717, 1.165) is 5.06 Å². The Hall–Kier alpha value is -1.04. The van der Waals surface area contributed by atoms with E-state index in [9.17, 15) is 10.3 Å². The minimum absolute atomic E-state index is 0.112. The highest BCUT2D eigenvalue weighted by Crippen LogP contribution is 2.27. The number of hydrogen-bond donors (Lipinski definition) is 3. The number of hydroxylamine groups is 2. The van der Waals surface area contributed by atoms with E-state index < -0.39 is 6.29 Å². The molecule has 1 aliphatic carbocycles. The van der Waals surface area contributed by atoms with Crippen LogP contribution in [0.15, 0.2) is 23.6 Å². The molecule has 5 heteroatoms. The second-order valence-electron chi connectivity index (χ2n) is 3.35. The minimum Gasteiger partial charge on any atom is -0.873 e. The summed E-state index contributed by atoms with van der Waals surface area (Å²) in [5.74, 6) is -0.382. The van der Waals surface area contributed by atoms with Gasteiger partial charge in [-0.2, -0.15) is 0 Å². The Bertz CT molecular complexity index is 258. The van der Waals surface area contributed by atoms with Crippen molar-refractivity contribution in [2.24, 2.45) is 5.92 Å². The maximum Gasteiger partial charge on any atom is 0.152 e. The number of aliphatic hydroxyl groups excluding tert-OH is 1. The van der Waals surface area contributed by atoms with E-state index in [4.69, 9.17) is 10.2 Å². The van der Waals surface area contributed by atoms with Gasteiger partial charge in [0.25, 0.3) is 0 Å². The molecule has 0 heterocycles. The summed E-state index contributed by atoms with van der Waals surface area (Å²) in [5.41, 5.74) is 0.422. The van der Waals surface area contributed by atoms with Crippen molar-refractivity contribution in [3.05, 3.63) is 23.6 Å². The van der Waals surface area contributed by atoms with Gasteiger partial charge in [-0.05, 0) is 12.5 Å². The Balaban J connectivity index is 2.74. The molecule has 14 heavy (non-hydrogen) atoms. The molecule has 0 saturated heterocycles. The van der Waals surface area contributed by atoms with Gasteiger partial charge >= 0.3 is 0 Å². The van der Waals surface area contributed by atoms with Crippen LogP contribution < -0.4 is 5.11 Å². The van der Waals surface area contributed by atoms with Crippen LogP contribution in [0.1, 0.15) is 12.8 Å². The average Bonchev–Trinajstić information content (AvgIpc) is 2.07.